The fourth-order valence-corrected chi connectivity index (χ4v) is 11.5. The van der Waals surface area contributed by atoms with Crippen molar-refractivity contribution in [3.8, 4) is 0 Å². The van der Waals surface area contributed by atoms with Gasteiger partial charge in [0.2, 0.25) is 0 Å². The third kappa shape index (κ3) is 2.55. The second kappa shape index (κ2) is 6.84. The highest BCUT2D eigenvalue weighted by Crippen LogP contribution is 2.79. The van der Waals surface area contributed by atoms with Gasteiger partial charge in [-0.3, -0.25) is 19.2 Å². The van der Waals surface area contributed by atoms with Crippen LogP contribution in [-0.4, -0.2) is 35.1 Å². The number of ketones is 2. The predicted molar refractivity (Wildman–Crippen MR) is 137 cm³/mol. The van der Waals surface area contributed by atoms with Crippen molar-refractivity contribution < 1.29 is 19.4 Å². The molecule has 1 saturated heterocycles. The molecule has 0 unspecified atom stereocenters. The minimum atomic E-state index is -1.35. The van der Waals surface area contributed by atoms with Gasteiger partial charge in [0.25, 0.3) is 5.78 Å². The molecule has 5 heteroatoms. The van der Waals surface area contributed by atoms with E-state index in [1.165, 1.54) is 0 Å². The molecule has 0 aromatic carbocycles. The van der Waals surface area contributed by atoms with Gasteiger partial charge in [-0.25, -0.2) is 6.57 Å². The lowest BCUT2D eigenvalue weighted by atomic mass is 9.31. The molecule has 36 heavy (non-hydrogen) atoms. The Bertz CT molecular complexity index is 1090. The maximum absolute atomic E-state index is 14.4. The van der Waals surface area contributed by atoms with E-state index in [2.05, 4.69) is 39.5 Å². The number of aliphatic hydroxyl groups excluding tert-OH is 1. The summed E-state index contributed by atoms with van der Waals surface area (Å²) in [5, 5.41) is 10.7. The molecule has 0 aromatic heterocycles. The van der Waals surface area contributed by atoms with Crippen LogP contribution in [0.4, 0.5) is 0 Å². The number of carbonyl (C=O) groups is 2. The van der Waals surface area contributed by atoms with Crippen LogP contribution >= 0.6 is 0 Å². The molecule has 6 rings (SSSR count). The summed E-state index contributed by atoms with van der Waals surface area (Å²) in [5.41, 5.74) is -2.53. The summed E-state index contributed by atoms with van der Waals surface area (Å²) in [5.74, 6) is 0.720. The van der Waals surface area contributed by atoms with Gasteiger partial charge in [0.15, 0.2) is 6.10 Å². The summed E-state index contributed by atoms with van der Waals surface area (Å²) in [7, 11) is 0. The number of nitrogens with zero attached hydrogens (tertiary/aromatic N) is 1. The molecule has 1 heterocycles. The van der Waals surface area contributed by atoms with Crippen molar-refractivity contribution in [1.29, 1.82) is 0 Å². The largest absolute Gasteiger partial charge is 0.424 e. The summed E-state index contributed by atoms with van der Waals surface area (Å²) >= 11 is 0. The number of ether oxygens (including phenoxy) is 1. The Morgan fingerprint density at radius 3 is 2.25 bits per heavy atom. The summed E-state index contributed by atoms with van der Waals surface area (Å²) in [4.78, 5) is 31.7. The lowest BCUT2D eigenvalue weighted by Crippen LogP contribution is -2.71. The molecule has 1 N–H and O–H groups in total. The van der Waals surface area contributed by atoms with E-state index in [0.29, 0.717) is 12.2 Å². The van der Waals surface area contributed by atoms with E-state index in [-0.39, 0.29) is 63.1 Å². The molecule has 6 aliphatic rings. The van der Waals surface area contributed by atoms with Crippen LogP contribution in [0.2, 0.25) is 0 Å². The van der Waals surface area contributed by atoms with E-state index in [4.69, 9.17) is 11.3 Å². The van der Waals surface area contributed by atoms with Crippen molar-refractivity contribution in [3.63, 3.8) is 0 Å². The van der Waals surface area contributed by atoms with Crippen LogP contribution < -0.4 is 0 Å². The Morgan fingerprint density at radius 2 is 1.61 bits per heavy atom. The van der Waals surface area contributed by atoms with Gasteiger partial charge in [0.1, 0.15) is 5.78 Å². The van der Waals surface area contributed by atoms with Crippen LogP contribution in [-0.2, 0) is 14.3 Å². The number of epoxide rings is 1. The summed E-state index contributed by atoms with van der Waals surface area (Å²) in [6, 6.07) is 0. The van der Waals surface area contributed by atoms with Crippen molar-refractivity contribution in [2.24, 2.45) is 56.2 Å². The Balaban J connectivity index is 1.46. The van der Waals surface area contributed by atoms with Crippen LogP contribution in [0, 0.1) is 62.7 Å². The van der Waals surface area contributed by atoms with Crippen LogP contribution in [0.1, 0.15) is 99.8 Å². The topological polar surface area (TPSA) is 71.3 Å². The Kier molecular flexibility index (Phi) is 4.76. The number of Topliss-reactive ketones (excluding diaryl/α,β-unsaturated/α-hetero) is 2. The molecule has 198 valence electrons. The summed E-state index contributed by atoms with van der Waals surface area (Å²) in [6.07, 6.45) is 7.15. The maximum Gasteiger partial charge on any atom is 0.424 e. The third-order valence-corrected chi connectivity index (χ3v) is 13.8. The standard InChI is InChI=1S/C31H45NO4/c1-25(2)11-13-30(17-33)14-12-28(6)22(18(30)16-25)19(34)15-21-27(28,5)10-9-20-26(3,4)23(35)31(32-8)24(36-31)29(20,21)7/h18,20-22,24,33H,9-17H2,1-7H3/t18-,20-,21-,22-,24+,27+,28+,29-,30+,31-/m0/s1. The molecule has 0 spiro atoms. The first-order valence-corrected chi connectivity index (χ1v) is 14.3. The molecule has 0 bridgehead atoms. The van der Waals surface area contributed by atoms with E-state index < -0.39 is 17.2 Å². The van der Waals surface area contributed by atoms with Crippen LogP contribution in [0.15, 0.2) is 0 Å². The van der Waals surface area contributed by atoms with Gasteiger partial charge < -0.3 is 5.11 Å². The molecule has 0 radical (unpaired) electrons. The third-order valence-electron chi connectivity index (χ3n) is 13.8. The number of carbonyl (C=O) groups excluding carboxylic acids is 2. The second-order valence-electron chi connectivity index (χ2n) is 15.8. The van der Waals surface area contributed by atoms with Gasteiger partial charge in [0, 0.05) is 29.8 Å². The first-order chi connectivity index (χ1) is 16.6. The van der Waals surface area contributed by atoms with Gasteiger partial charge >= 0.3 is 5.72 Å². The SMILES string of the molecule is [C-]#[N+][C@@]12O[C@@H]1[C@]1(C)[C@H]3CC(=O)[C@@H]4[C@@H]5CC(C)(C)CC[C@]5(CO)CC[C@@]4(C)[C@]3(C)CC[C@H]1C(C)(C)C2=O. The molecule has 0 amide bonds. The maximum atomic E-state index is 14.4. The van der Waals surface area contributed by atoms with Gasteiger partial charge in [-0.05, 0) is 84.4 Å². The highest BCUT2D eigenvalue weighted by Gasteiger charge is 2.88. The van der Waals surface area contributed by atoms with Crippen molar-refractivity contribution in [3.05, 3.63) is 11.4 Å². The van der Waals surface area contributed by atoms with Crippen LogP contribution in [0.25, 0.3) is 4.85 Å². The lowest BCUT2D eigenvalue weighted by Gasteiger charge is -2.72. The van der Waals surface area contributed by atoms with E-state index in [1.54, 1.807) is 0 Å². The molecule has 5 nitrogen and oxygen atoms in total. The second-order valence-corrected chi connectivity index (χ2v) is 15.8. The van der Waals surface area contributed by atoms with Crippen LogP contribution in [0.3, 0.4) is 0 Å². The first kappa shape index (κ1) is 25.1. The van der Waals surface area contributed by atoms with Gasteiger partial charge in [-0.15, -0.1) is 0 Å². The van der Waals surface area contributed by atoms with E-state index >= 15 is 0 Å². The van der Waals surface area contributed by atoms with Gasteiger partial charge in [-0.2, -0.15) is 0 Å². The van der Waals surface area contributed by atoms with E-state index in [9.17, 15) is 14.7 Å². The molecular formula is C31H45NO4. The molecule has 1 aliphatic heterocycles. The molecule has 5 aliphatic carbocycles. The quantitative estimate of drug-likeness (QED) is 0.366. The van der Waals surface area contributed by atoms with Crippen molar-refractivity contribution in [2.75, 3.05) is 6.61 Å². The van der Waals surface area contributed by atoms with Crippen molar-refractivity contribution >= 4 is 11.6 Å². The van der Waals surface area contributed by atoms with E-state index in [1.807, 2.05) is 13.8 Å². The van der Waals surface area contributed by atoms with Gasteiger partial charge in [-0.1, -0.05) is 48.5 Å². The number of fused-ring (bicyclic) bond motifs is 9. The molecular weight excluding hydrogens is 450 g/mol. The minimum Gasteiger partial charge on any atom is -0.396 e. The smallest absolute Gasteiger partial charge is 0.396 e. The van der Waals surface area contributed by atoms with E-state index in [0.717, 1.165) is 44.9 Å². The first-order valence-electron chi connectivity index (χ1n) is 14.3. The summed E-state index contributed by atoms with van der Waals surface area (Å²) < 4.78 is 6.13. The molecule has 6 fully saturated rings. The monoisotopic (exact) mass is 495 g/mol. The predicted octanol–water partition coefficient (Wildman–Crippen LogP) is 5.84. The number of aliphatic hydroxyl groups is 1. The molecule has 5 saturated carbocycles. The zero-order valence-electron chi connectivity index (χ0n) is 23.4. The normalized spacial score (nSPS) is 56.2. The summed E-state index contributed by atoms with van der Waals surface area (Å²) in [6.45, 7) is 23.9. The highest BCUT2D eigenvalue weighted by atomic mass is 16.6. The Morgan fingerprint density at radius 1 is 0.944 bits per heavy atom. The average molecular weight is 496 g/mol. The number of hydrogen-bond donors (Lipinski definition) is 1. The highest BCUT2D eigenvalue weighted by molar-refractivity contribution is 5.98. The number of hydrogen-bond acceptors (Lipinski definition) is 4. The fourth-order valence-electron chi connectivity index (χ4n) is 11.5. The Hall–Kier alpha value is -1.25. The lowest BCUT2D eigenvalue weighted by molar-refractivity contribution is -0.237. The van der Waals surface area contributed by atoms with Crippen molar-refractivity contribution in [1.82, 2.24) is 0 Å². The minimum absolute atomic E-state index is 0.0247. The van der Waals surface area contributed by atoms with Gasteiger partial charge in [0.05, 0.1) is 0 Å². The zero-order valence-corrected chi connectivity index (χ0v) is 23.4. The van der Waals surface area contributed by atoms with Crippen molar-refractivity contribution in [2.45, 2.75) is 112 Å². The Labute approximate surface area is 216 Å². The number of rotatable bonds is 1. The molecule has 10 atom stereocenters. The fraction of sp³-hybridized carbons (Fsp3) is 0.903. The molecule has 0 aromatic rings. The van der Waals surface area contributed by atoms with Crippen LogP contribution in [0.5, 0.6) is 0 Å². The zero-order chi connectivity index (χ0) is 26.3. The average Bonchev–Trinajstić information content (AvgIpc) is 3.56.